The molecule has 0 amide bonds. The van der Waals surface area contributed by atoms with Crippen molar-refractivity contribution < 1.29 is 9.90 Å². The summed E-state index contributed by atoms with van der Waals surface area (Å²) < 4.78 is 0. The topological polar surface area (TPSA) is 75.1 Å². The molecule has 0 aliphatic heterocycles. The number of carbonyl (C=O) groups is 1. The van der Waals surface area contributed by atoms with Crippen LogP contribution in [0.3, 0.4) is 0 Å². The summed E-state index contributed by atoms with van der Waals surface area (Å²) in [5.74, 6) is 5.31. The quantitative estimate of drug-likeness (QED) is 0.687. The summed E-state index contributed by atoms with van der Waals surface area (Å²) in [6.45, 7) is 2.31. The Kier molecular flexibility index (Phi) is 5.93. The van der Waals surface area contributed by atoms with Gasteiger partial charge in [0.1, 0.15) is 5.69 Å². The van der Waals surface area contributed by atoms with Crippen LogP contribution in [0.25, 0.3) is 11.1 Å². The van der Waals surface area contributed by atoms with Gasteiger partial charge in [0.25, 0.3) is 0 Å². The summed E-state index contributed by atoms with van der Waals surface area (Å²) in [5.41, 5.74) is 5.64. The summed E-state index contributed by atoms with van der Waals surface area (Å²) >= 11 is 0. The molecule has 0 saturated heterocycles. The first-order chi connectivity index (χ1) is 13.1. The smallest absolute Gasteiger partial charge is 0.317 e. The van der Waals surface area contributed by atoms with Gasteiger partial charge in [0.05, 0.1) is 12.2 Å². The first kappa shape index (κ1) is 18.3. The highest BCUT2D eigenvalue weighted by Crippen LogP contribution is 2.25. The highest BCUT2D eigenvalue weighted by atomic mass is 16.4. The zero-order valence-corrected chi connectivity index (χ0v) is 14.9. The zero-order chi connectivity index (χ0) is 19.1. The van der Waals surface area contributed by atoms with Gasteiger partial charge in [0, 0.05) is 12.1 Å². The molecular weight excluding hydrogens is 338 g/mol. The van der Waals surface area contributed by atoms with Crippen LogP contribution in [0.5, 0.6) is 0 Å². The fourth-order valence-electron chi connectivity index (χ4n) is 2.65. The molecule has 0 radical (unpaired) electrons. The largest absolute Gasteiger partial charge is 0.480 e. The highest BCUT2D eigenvalue weighted by Gasteiger charge is 2.04. The van der Waals surface area contributed by atoms with E-state index in [1.54, 1.807) is 12.1 Å². The molecule has 5 nitrogen and oxygen atoms in total. The van der Waals surface area contributed by atoms with Gasteiger partial charge in [-0.15, -0.1) is 5.10 Å². The molecule has 0 aliphatic rings. The van der Waals surface area contributed by atoms with Crippen molar-refractivity contribution in [1.82, 2.24) is 15.5 Å². The van der Waals surface area contributed by atoms with Crippen LogP contribution >= 0.6 is 0 Å². The van der Waals surface area contributed by atoms with Crippen LogP contribution in [0.2, 0.25) is 0 Å². The molecule has 3 aromatic rings. The number of carboxylic acids is 1. The lowest BCUT2D eigenvalue weighted by Gasteiger charge is -2.07. The van der Waals surface area contributed by atoms with Crippen molar-refractivity contribution in [3.05, 3.63) is 83.2 Å². The Bertz CT molecular complexity index is 988. The van der Waals surface area contributed by atoms with E-state index in [0.29, 0.717) is 17.9 Å². The Labute approximate surface area is 158 Å². The first-order valence-corrected chi connectivity index (χ1v) is 8.55. The van der Waals surface area contributed by atoms with E-state index in [2.05, 4.69) is 52.5 Å². The fourth-order valence-corrected chi connectivity index (χ4v) is 2.65. The SMILES string of the molecule is Cc1c(C#Cc2ccc(CNCC(=O)O)nn2)cccc1-c1ccccc1. The average molecular weight is 357 g/mol. The van der Waals surface area contributed by atoms with E-state index < -0.39 is 5.97 Å². The van der Waals surface area contributed by atoms with Crippen molar-refractivity contribution in [2.24, 2.45) is 0 Å². The Balaban J connectivity index is 1.75. The van der Waals surface area contributed by atoms with Gasteiger partial charge in [-0.05, 0) is 47.7 Å². The summed E-state index contributed by atoms with van der Waals surface area (Å²) in [7, 11) is 0. The second kappa shape index (κ2) is 8.75. The van der Waals surface area contributed by atoms with Crippen LogP contribution in [0.1, 0.15) is 22.5 Å². The third kappa shape index (κ3) is 5.00. The van der Waals surface area contributed by atoms with Gasteiger partial charge >= 0.3 is 5.97 Å². The van der Waals surface area contributed by atoms with E-state index in [1.807, 2.05) is 30.3 Å². The second-order valence-electron chi connectivity index (χ2n) is 6.00. The van der Waals surface area contributed by atoms with Crippen LogP contribution in [0.4, 0.5) is 0 Å². The molecule has 0 bridgehead atoms. The minimum atomic E-state index is -0.904. The monoisotopic (exact) mass is 357 g/mol. The predicted molar refractivity (Wildman–Crippen MR) is 104 cm³/mol. The minimum absolute atomic E-state index is 0.111. The maximum atomic E-state index is 10.5. The number of aliphatic carboxylic acids is 1. The van der Waals surface area contributed by atoms with Crippen LogP contribution in [-0.2, 0) is 11.3 Å². The molecule has 27 heavy (non-hydrogen) atoms. The number of rotatable bonds is 5. The molecule has 0 aliphatic carbocycles. The molecule has 0 spiro atoms. The highest BCUT2D eigenvalue weighted by molar-refractivity contribution is 5.70. The van der Waals surface area contributed by atoms with Crippen molar-refractivity contribution in [1.29, 1.82) is 0 Å². The van der Waals surface area contributed by atoms with E-state index in [0.717, 1.165) is 22.3 Å². The lowest BCUT2D eigenvalue weighted by Crippen LogP contribution is -2.22. The number of hydrogen-bond donors (Lipinski definition) is 2. The van der Waals surface area contributed by atoms with Gasteiger partial charge in [0.15, 0.2) is 0 Å². The number of aromatic nitrogens is 2. The van der Waals surface area contributed by atoms with Crippen LogP contribution < -0.4 is 5.32 Å². The van der Waals surface area contributed by atoms with Crippen LogP contribution in [0, 0.1) is 18.8 Å². The van der Waals surface area contributed by atoms with Crippen LogP contribution in [0.15, 0.2) is 60.7 Å². The van der Waals surface area contributed by atoms with Gasteiger partial charge in [-0.1, -0.05) is 48.4 Å². The second-order valence-corrected chi connectivity index (χ2v) is 6.00. The summed E-state index contributed by atoms with van der Waals surface area (Å²) in [6, 6.07) is 19.9. The van der Waals surface area contributed by atoms with E-state index in [4.69, 9.17) is 5.11 Å². The van der Waals surface area contributed by atoms with Gasteiger partial charge in [-0.25, -0.2) is 0 Å². The number of nitrogens with zero attached hydrogens (tertiary/aromatic N) is 2. The fraction of sp³-hybridized carbons (Fsp3) is 0.136. The maximum Gasteiger partial charge on any atom is 0.317 e. The summed E-state index contributed by atoms with van der Waals surface area (Å²) in [5, 5.41) is 19.5. The Hall–Kier alpha value is -3.49. The Morgan fingerprint density at radius 2 is 1.81 bits per heavy atom. The van der Waals surface area contributed by atoms with E-state index in [1.165, 1.54) is 0 Å². The maximum absolute atomic E-state index is 10.5. The number of nitrogens with one attached hydrogen (secondary N) is 1. The minimum Gasteiger partial charge on any atom is -0.480 e. The molecular formula is C22H19N3O2. The van der Waals surface area contributed by atoms with Crippen molar-refractivity contribution in [2.45, 2.75) is 13.5 Å². The molecule has 2 aromatic carbocycles. The molecule has 0 saturated carbocycles. The van der Waals surface area contributed by atoms with Crippen molar-refractivity contribution in [2.75, 3.05) is 6.54 Å². The number of carboxylic acid groups (broad SMARTS) is 1. The van der Waals surface area contributed by atoms with E-state index in [9.17, 15) is 4.79 Å². The predicted octanol–water partition coefficient (Wildman–Crippen LogP) is 3.03. The Morgan fingerprint density at radius 3 is 2.52 bits per heavy atom. The van der Waals surface area contributed by atoms with Crippen molar-refractivity contribution >= 4 is 5.97 Å². The van der Waals surface area contributed by atoms with E-state index in [-0.39, 0.29) is 6.54 Å². The van der Waals surface area contributed by atoms with Gasteiger partial charge in [0.2, 0.25) is 0 Å². The lowest BCUT2D eigenvalue weighted by molar-refractivity contribution is -0.136. The molecule has 1 heterocycles. The Morgan fingerprint density at radius 1 is 1.00 bits per heavy atom. The molecule has 2 N–H and O–H groups in total. The van der Waals surface area contributed by atoms with Gasteiger partial charge in [-0.3, -0.25) is 4.79 Å². The third-order valence-corrected chi connectivity index (χ3v) is 4.05. The number of hydrogen-bond acceptors (Lipinski definition) is 4. The molecule has 3 rings (SSSR count). The van der Waals surface area contributed by atoms with Crippen molar-refractivity contribution in [3.8, 4) is 23.0 Å². The van der Waals surface area contributed by atoms with Crippen molar-refractivity contribution in [3.63, 3.8) is 0 Å². The molecule has 0 fully saturated rings. The molecule has 0 unspecified atom stereocenters. The zero-order valence-electron chi connectivity index (χ0n) is 14.9. The molecule has 1 aromatic heterocycles. The molecule has 0 atom stereocenters. The molecule has 134 valence electrons. The first-order valence-electron chi connectivity index (χ1n) is 8.55. The summed E-state index contributed by atoms with van der Waals surface area (Å²) in [4.78, 5) is 10.5. The number of benzene rings is 2. The van der Waals surface area contributed by atoms with E-state index >= 15 is 0 Å². The van der Waals surface area contributed by atoms with Gasteiger partial charge < -0.3 is 10.4 Å². The average Bonchev–Trinajstić information content (AvgIpc) is 2.69. The van der Waals surface area contributed by atoms with Gasteiger partial charge in [-0.2, -0.15) is 5.10 Å². The standard InChI is InChI=1S/C22H19N3O2/c1-16-17(8-5-9-21(16)18-6-3-2-4-7-18)10-11-19-12-13-20(25-24-19)14-23-15-22(26)27/h2-9,12-13,23H,14-15H2,1H3,(H,26,27). The normalized spacial score (nSPS) is 10.1. The lowest BCUT2D eigenvalue weighted by atomic mass is 9.97. The van der Waals surface area contributed by atoms with Crippen LogP contribution in [-0.4, -0.2) is 27.8 Å². The third-order valence-electron chi connectivity index (χ3n) is 4.05. The summed E-state index contributed by atoms with van der Waals surface area (Å²) in [6.07, 6.45) is 0. The molecule has 5 heteroatoms.